The minimum atomic E-state index is -0.598. The number of anilines is 2. The van der Waals surface area contributed by atoms with Gasteiger partial charge in [-0.2, -0.15) is 0 Å². The molecule has 0 spiro atoms. The fourth-order valence-electron chi connectivity index (χ4n) is 5.50. The Morgan fingerprint density at radius 1 is 0.706 bits per heavy atom. The van der Waals surface area contributed by atoms with Crippen LogP contribution in [0.2, 0.25) is 0 Å². The van der Waals surface area contributed by atoms with Gasteiger partial charge in [0.25, 0.3) is 11.8 Å². The van der Waals surface area contributed by atoms with Gasteiger partial charge in [-0.3, -0.25) is 24.0 Å². The molecule has 0 heterocycles. The second kappa shape index (κ2) is 15.4. The largest absolute Gasteiger partial charge is 0.497 e. The SMILES string of the molecule is COc1ccc(OC)c(/C=C(/NC(=O)c2ccccc2)C(=O)Nc2cccc(SCC(=O)Nc3cccc4c3C(=O)c3ccccc3C4=O)c2)c1. The minimum absolute atomic E-state index is 0.0201. The summed E-state index contributed by atoms with van der Waals surface area (Å²) in [6, 6.07) is 31.9. The normalized spacial score (nSPS) is 11.9. The van der Waals surface area contributed by atoms with Gasteiger partial charge in [0.2, 0.25) is 5.91 Å². The van der Waals surface area contributed by atoms with Crippen molar-refractivity contribution in [1.82, 2.24) is 5.32 Å². The number of fused-ring (bicyclic) bond motifs is 2. The molecule has 51 heavy (non-hydrogen) atoms. The Morgan fingerprint density at radius 3 is 2.16 bits per heavy atom. The molecular weight excluding hydrogens is 667 g/mol. The fraction of sp³-hybridized carbons (Fsp3) is 0.0750. The van der Waals surface area contributed by atoms with Crippen molar-refractivity contribution in [2.24, 2.45) is 0 Å². The van der Waals surface area contributed by atoms with E-state index in [9.17, 15) is 24.0 Å². The van der Waals surface area contributed by atoms with Crippen molar-refractivity contribution in [3.8, 4) is 11.5 Å². The maximum Gasteiger partial charge on any atom is 0.272 e. The zero-order valence-electron chi connectivity index (χ0n) is 27.5. The Balaban J connectivity index is 1.17. The van der Waals surface area contributed by atoms with Gasteiger partial charge in [-0.05, 0) is 60.7 Å². The van der Waals surface area contributed by atoms with Crippen LogP contribution in [-0.2, 0) is 9.59 Å². The summed E-state index contributed by atoms with van der Waals surface area (Å²) in [7, 11) is 3.02. The quantitative estimate of drug-likeness (QED) is 0.101. The van der Waals surface area contributed by atoms with E-state index in [1.54, 1.807) is 115 Å². The fourth-order valence-corrected chi connectivity index (χ4v) is 6.25. The lowest BCUT2D eigenvalue weighted by Gasteiger charge is -2.20. The molecule has 0 aliphatic heterocycles. The van der Waals surface area contributed by atoms with Crippen molar-refractivity contribution in [1.29, 1.82) is 0 Å². The van der Waals surface area contributed by atoms with Crippen LogP contribution in [0.5, 0.6) is 11.5 Å². The third kappa shape index (κ3) is 7.74. The van der Waals surface area contributed by atoms with Crippen molar-refractivity contribution in [2.75, 3.05) is 30.6 Å². The number of amides is 3. The van der Waals surface area contributed by atoms with Gasteiger partial charge in [0, 0.05) is 38.4 Å². The molecule has 0 saturated heterocycles. The van der Waals surface area contributed by atoms with Gasteiger partial charge in [-0.1, -0.05) is 60.7 Å². The maximum absolute atomic E-state index is 13.7. The smallest absolute Gasteiger partial charge is 0.272 e. The lowest BCUT2D eigenvalue weighted by molar-refractivity contribution is -0.114. The molecule has 3 N–H and O–H groups in total. The number of carbonyl (C=O) groups is 5. The summed E-state index contributed by atoms with van der Waals surface area (Å²) < 4.78 is 10.8. The first-order chi connectivity index (χ1) is 24.7. The maximum atomic E-state index is 13.7. The Labute approximate surface area is 297 Å². The van der Waals surface area contributed by atoms with Crippen molar-refractivity contribution in [2.45, 2.75) is 4.90 Å². The second-order valence-electron chi connectivity index (χ2n) is 11.2. The number of ketones is 2. The van der Waals surface area contributed by atoms with E-state index in [0.717, 1.165) is 0 Å². The molecule has 0 bridgehead atoms. The summed E-state index contributed by atoms with van der Waals surface area (Å²) in [6.07, 6.45) is 1.50. The third-order valence-corrected chi connectivity index (χ3v) is 8.95. The zero-order valence-corrected chi connectivity index (χ0v) is 28.3. The lowest BCUT2D eigenvalue weighted by atomic mass is 9.83. The van der Waals surface area contributed by atoms with Gasteiger partial charge < -0.3 is 25.4 Å². The highest BCUT2D eigenvalue weighted by atomic mass is 32.2. The monoisotopic (exact) mass is 697 g/mol. The number of nitrogens with one attached hydrogen (secondary N) is 3. The number of hydrogen-bond acceptors (Lipinski definition) is 8. The van der Waals surface area contributed by atoms with E-state index in [4.69, 9.17) is 9.47 Å². The summed E-state index contributed by atoms with van der Waals surface area (Å²) in [6.45, 7) is 0. The van der Waals surface area contributed by atoms with Gasteiger partial charge in [0.05, 0.1) is 31.2 Å². The van der Waals surface area contributed by atoms with Crippen molar-refractivity contribution >= 4 is 58.5 Å². The molecule has 0 atom stereocenters. The highest BCUT2D eigenvalue weighted by Gasteiger charge is 2.31. The van der Waals surface area contributed by atoms with Crippen LogP contribution in [0.15, 0.2) is 126 Å². The van der Waals surface area contributed by atoms with E-state index < -0.39 is 11.8 Å². The molecule has 0 unspecified atom stereocenters. The number of carbonyl (C=O) groups excluding carboxylic acids is 5. The van der Waals surface area contributed by atoms with Gasteiger partial charge >= 0.3 is 0 Å². The van der Waals surface area contributed by atoms with E-state index in [2.05, 4.69) is 16.0 Å². The Morgan fingerprint density at radius 2 is 1.41 bits per heavy atom. The van der Waals surface area contributed by atoms with Gasteiger partial charge in [-0.15, -0.1) is 11.8 Å². The highest BCUT2D eigenvalue weighted by Crippen LogP contribution is 2.32. The van der Waals surface area contributed by atoms with Crippen LogP contribution in [0.25, 0.3) is 6.08 Å². The van der Waals surface area contributed by atoms with Crippen LogP contribution in [0, 0.1) is 0 Å². The van der Waals surface area contributed by atoms with Crippen LogP contribution >= 0.6 is 11.8 Å². The second-order valence-corrected chi connectivity index (χ2v) is 12.3. The first-order valence-electron chi connectivity index (χ1n) is 15.7. The Bertz CT molecular complexity index is 2220. The third-order valence-electron chi connectivity index (χ3n) is 7.95. The molecule has 254 valence electrons. The molecule has 0 aromatic heterocycles. The number of hydrogen-bond donors (Lipinski definition) is 3. The first-order valence-corrected chi connectivity index (χ1v) is 16.7. The van der Waals surface area contributed by atoms with Gasteiger partial charge in [0.15, 0.2) is 11.6 Å². The molecule has 3 amide bonds. The number of ether oxygens (including phenoxy) is 2. The number of methoxy groups -OCH3 is 2. The average molecular weight is 698 g/mol. The standard InChI is InChI=1S/C40H31N3O7S/c1-49-27-18-19-34(50-2)25(20-27)21-33(43-39(47)24-10-4-3-5-11-24)40(48)41-26-12-8-13-28(22-26)51-23-35(44)42-32-17-9-16-31-36(32)38(46)30-15-7-6-14-29(30)37(31)45/h3-22H,23H2,1-2H3,(H,41,48)(H,42,44)(H,43,47)/b33-21+. The average Bonchev–Trinajstić information content (AvgIpc) is 3.16. The Hall–Kier alpha value is -6.46. The Kier molecular flexibility index (Phi) is 10.4. The molecule has 0 radical (unpaired) electrons. The van der Waals surface area contributed by atoms with Crippen LogP contribution in [-0.4, -0.2) is 49.3 Å². The minimum Gasteiger partial charge on any atom is -0.497 e. The summed E-state index contributed by atoms with van der Waals surface area (Å²) in [5.41, 5.74) is 2.54. The number of benzene rings is 5. The summed E-state index contributed by atoms with van der Waals surface area (Å²) in [5.74, 6) is -1.10. The van der Waals surface area contributed by atoms with Crippen molar-refractivity contribution in [3.05, 3.63) is 154 Å². The van der Waals surface area contributed by atoms with Crippen LogP contribution in [0.3, 0.4) is 0 Å². The lowest BCUT2D eigenvalue weighted by Crippen LogP contribution is -2.30. The first kappa shape index (κ1) is 34.4. The van der Waals surface area contributed by atoms with E-state index in [-0.39, 0.29) is 45.7 Å². The molecule has 6 rings (SSSR count). The molecular formula is C40H31N3O7S. The molecule has 1 aliphatic carbocycles. The van der Waals surface area contributed by atoms with E-state index in [1.165, 1.54) is 32.1 Å². The van der Waals surface area contributed by atoms with Crippen molar-refractivity contribution < 1.29 is 33.4 Å². The zero-order chi connectivity index (χ0) is 35.9. The predicted molar refractivity (Wildman–Crippen MR) is 196 cm³/mol. The summed E-state index contributed by atoms with van der Waals surface area (Å²) >= 11 is 1.21. The van der Waals surface area contributed by atoms with Crippen LogP contribution in [0.1, 0.15) is 47.8 Å². The van der Waals surface area contributed by atoms with Gasteiger partial charge in [-0.25, -0.2) is 0 Å². The van der Waals surface area contributed by atoms with Crippen molar-refractivity contribution in [3.63, 3.8) is 0 Å². The van der Waals surface area contributed by atoms with Crippen LogP contribution in [0.4, 0.5) is 11.4 Å². The molecule has 0 fully saturated rings. The van der Waals surface area contributed by atoms with Crippen LogP contribution < -0.4 is 25.4 Å². The van der Waals surface area contributed by atoms with E-state index in [1.807, 2.05) is 0 Å². The summed E-state index contributed by atoms with van der Waals surface area (Å²) in [5, 5.41) is 8.33. The molecule has 11 heteroatoms. The molecule has 1 aliphatic rings. The predicted octanol–water partition coefficient (Wildman–Crippen LogP) is 6.62. The number of thioether (sulfide) groups is 1. The highest BCUT2D eigenvalue weighted by molar-refractivity contribution is 8.00. The molecule has 5 aromatic carbocycles. The molecule has 5 aromatic rings. The molecule has 0 saturated carbocycles. The topological polar surface area (TPSA) is 140 Å². The number of rotatable bonds is 11. The van der Waals surface area contributed by atoms with Gasteiger partial charge in [0.1, 0.15) is 17.2 Å². The van der Waals surface area contributed by atoms with E-state index >= 15 is 0 Å². The van der Waals surface area contributed by atoms with E-state index in [0.29, 0.717) is 44.3 Å². The molecule has 10 nitrogen and oxygen atoms in total. The summed E-state index contributed by atoms with van der Waals surface area (Å²) in [4.78, 5) is 67.0.